The number of ketones is 1. The molecule has 0 radical (unpaired) electrons. The Balaban J connectivity index is 2.49. The number of hydrogen-bond donors (Lipinski definition) is 0. The number of hydrogen-bond acceptors (Lipinski definition) is 2. The van der Waals surface area contributed by atoms with Crippen LogP contribution in [-0.2, 0) is 4.79 Å². The van der Waals surface area contributed by atoms with Crippen LogP contribution >= 0.6 is 0 Å². The molecule has 0 heterocycles. The summed E-state index contributed by atoms with van der Waals surface area (Å²) in [6.07, 6.45) is 2.94. The van der Waals surface area contributed by atoms with Crippen LogP contribution in [0.3, 0.4) is 0 Å². The zero-order valence-corrected chi connectivity index (χ0v) is 6.05. The summed E-state index contributed by atoms with van der Waals surface area (Å²) in [7, 11) is 3.93. The Morgan fingerprint density at radius 2 is 2.22 bits per heavy atom. The average molecular weight is 127 g/mol. The molecule has 1 rings (SSSR count). The summed E-state index contributed by atoms with van der Waals surface area (Å²) in [5, 5.41) is 0. The summed E-state index contributed by atoms with van der Waals surface area (Å²) >= 11 is 0. The zero-order valence-electron chi connectivity index (χ0n) is 6.05. The molecule has 1 unspecified atom stereocenters. The summed E-state index contributed by atoms with van der Waals surface area (Å²) < 4.78 is 0. The Kier molecular flexibility index (Phi) is 1.86. The van der Waals surface area contributed by atoms with E-state index in [1.165, 1.54) is 0 Å². The van der Waals surface area contributed by atoms with Gasteiger partial charge in [0.05, 0.1) is 6.04 Å². The van der Waals surface area contributed by atoms with E-state index in [1.807, 2.05) is 19.0 Å². The van der Waals surface area contributed by atoms with E-state index in [4.69, 9.17) is 0 Å². The molecule has 0 amide bonds. The molecule has 2 nitrogen and oxygen atoms in total. The maximum atomic E-state index is 11.0. The number of Topliss-reactive ketones (excluding diaryl/α,β-unsaturated/α-hetero) is 1. The Labute approximate surface area is 55.8 Å². The van der Waals surface area contributed by atoms with Gasteiger partial charge < -0.3 is 0 Å². The van der Waals surface area contributed by atoms with Gasteiger partial charge in [-0.25, -0.2) is 0 Å². The molecule has 9 heavy (non-hydrogen) atoms. The fourth-order valence-electron chi connectivity index (χ4n) is 1.34. The molecule has 0 aliphatic heterocycles. The largest absolute Gasteiger partial charge is 0.300 e. The van der Waals surface area contributed by atoms with Gasteiger partial charge >= 0.3 is 0 Å². The molecule has 0 N–H and O–H groups in total. The lowest BCUT2D eigenvalue weighted by Gasteiger charge is -2.15. The molecule has 0 aromatic rings. The first-order chi connectivity index (χ1) is 4.22. The second kappa shape index (κ2) is 2.48. The second-order valence-corrected chi connectivity index (χ2v) is 2.84. The van der Waals surface area contributed by atoms with E-state index in [0.717, 1.165) is 19.3 Å². The molecule has 0 aromatic heterocycles. The van der Waals surface area contributed by atoms with Crippen molar-refractivity contribution in [2.45, 2.75) is 25.3 Å². The second-order valence-electron chi connectivity index (χ2n) is 2.84. The highest BCUT2D eigenvalue weighted by molar-refractivity contribution is 5.85. The Morgan fingerprint density at radius 1 is 1.56 bits per heavy atom. The van der Waals surface area contributed by atoms with Crippen LogP contribution < -0.4 is 0 Å². The fraction of sp³-hybridized carbons (Fsp3) is 0.857. The van der Waals surface area contributed by atoms with Gasteiger partial charge in [0, 0.05) is 6.42 Å². The van der Waals surface area contributed by atoms with Gasteiger partial charge in [0.1, 0.15) is 5.78 Å². The van der Waals surface area contributed by atoms with Crippen LogP contribution in [0.25, 0.3) is 0 Å². The lowest BCUT2D eigenvalue weighted by molar-refractivity contribution is -0.121. The van der Waals surface area contributed by atoms with Crippen molar-refractivity contribution >= 4 is 5.78 Å². The van der Waals surface area contributed by atoms with E-state index in [1.54, 1.807) is 0 Å². The molecule has 52 valence electrons. The molecule has 1 aliphatic rings. The zero-order chi connectivity index (χ0) is 6.85. The van der Waals surface area contributed by atoms with Gasteiger partial charge in [-0.15, -0.1) is 0 Å². The molecular weight excluding hydrogens is 114 g/mol. The van der Waals surface area contributed by atoms with Crippen molar-refractivity contribution in [1.82, 2.24) is 4.90 Å². The summed E-state index contributed by atoms with van der Waals surface area (Å²) in [4.78, 5) is 13.0. The van der Waals surface area contributed by atoms with E-state index in [9.17, 15) is 4.79 Å². The van der Waals surface area contributed by atoms with E-state index in [-0.39, 0.29) is 6.04 Å². The summed E-state index contributed by atoms with van der Waals surface area (Å²) in [6.45, 7) is 0. The van der Waals surface area contributed by atoms with E-state index >= 15 is 0 Å². The molecule has 0 saturated heterocycles. The number of carbonyl (C=O) groups excluding carboxylic acids is 1. The van der Waals surface area contributed by atoms with E-state index < -0.39 is 0 Å². The minimum Gasteiger partial charge on any atom is -0.300 e. The van der Waals surface area contributed by atoms with Gasteiger partial charge in [0.2, 0.25) is 0 Å². The van der Waals surface area contributed by atoms with Crippen molar-refractivity contribution in [3.8, 4) is 0 Å². The van der Waals surface area contributed by atoms with E-state index in [2.05, 4.69) is 0 Å². The van der Waals surface area contributed by atoms with Crippen LogP contribution in [0.5, 0.6) is 0 Å². The number of carbonyl (C=O) groups is 1. The maximum Gasteiger partial charge on any atom is 0.149 e. The lowest BCUT2D eigenvalue weighted by atomic mass is 10.2. The Bertz CT molecular complexity index is 120. The summed E-state index contributed by atoms with van der Waals surface area (Å²) in [5.41, 5.74) is 0. The van der Waals surface area contributed by atoms with Crippen LogP contribution in [0.2, 0.25) is 0 Å². The third-order valence-corrected chi connectivity index (χ3v) is 1.90. The first kappa shape index (κ1) is 6.75. The van der Waals surface area contributed by atoms with Gasteiger partial charge in [0.25, 0.3) is 0 Å². The van der Waals surface area contributed by atoms with Crippen LogP contribution in [0.4, 0.5) is 0 Å². The third-order valence-electron chi connectivity index (χ3n) is 1.90. The van der Waals surface area contributed by atoms with Crippen molar-refractivity contribution in [3.63, 3.8) is 0 Å². The third kappa shape index (κ3) is 1.30. The smallest absolute Gasteiger partial charge is 0.149 e. The SMILES string of the molecule is CN(C)C1CCCC1=O. The highest BCUT2D eigenvalue weighted by Gasteiger charge is 2.25. The quantitative estimate of drug-likeness (QED) is 0.516. The Morgan fingerprint density at radius 3 is 2.44 bits per heavy atom. The highest BCUT2D eigenvalue weighted by Crippen LogP contribution is 2.17. The molecule has 1 aliphatic carbocycles. The minimum absolute atomic E-state index is 0.227. The molecule has 0 spiro atoms. The topological polar surface area (TPSA) is 20.3 Å². The van der Waals surface area contributed by atoms with Crippen molar-refractivity contribution < 1.29 is 4.79 Å². The normalized spacial score (nSPS) is 27.9. The predicted molar refractivity (Wildman–Crippen MR) is 36.3 cm³/mol. The van der Waals surface area contributed by atoms with Crippen molar-refractivity contribution in [1.29, 1.82) is 0 Å². The first-order valence-corrected chi connectivity index (χ1v) is 3.41. The Hall–Kier alpha value is -0.370. The monoisotopic (exact) mass is 127 g/mol. The molecule has 0 bridgehead atoms. The van der Waals surface area contributed by atoms with Crippen molar-refractivity contribution in [2.75, 3.05) is 14.1 Å². The van der Waals surface area contributed by atoms with Gasteiger partial charge in [0.15, 0.2) is 0 Å². The standard InChI is InChI=1S/C7H13NO/c1-8(2)6-4-3-5-7(6)9/h6H,3-5H2,1-2H3. The van der Waals surface area contributed by atoms with Crippen molar-refractivity contribution in [3.05, 3.63) is 0 Å². The van der Waals surface area contributed by atoms with Crippen LogP contribution in [0.15, 0.2) is 0 Å². The molecule has 1 fully saturated rings. The predicted octanol–water partition coefficient (Wildman–Crippen LogP) is 0.670. The fourth-order valence-corrected chi connectivity index (χ4v) is 1.34. The molecule has 0 aromatic carbocycles. The minimum atomic E-state index is 0.227. The summed E-state index contributed by atoms with van der Waals surface area (Å²) in [5.74, 6) is 0.417. The molecular formula is C7H13NO. The highest BCUT2D eigenvalue weighted by atomic mass is 16.1. The van der Waals surface area contributed by atoms with Gasteiger partial charge in [-0.05, 0) is 26.9 Å². The number of likely N-dealkylation sites (N-methyl/N-ethyl adjacent to an activating group) is 1. The number of nitrogens with zero attached hydrogens (tertiary/aromatic N) is 1. The maximum absolute atomic E-state index is 11.0. The molecule has 1 saturated carbocycles. The van der Waals surface area contributed by atoms with E-state index in [0.29, 0.717) is 5.78 Å². The lowest BCUT2D eigenvalue weighted by Crippen LogP contribution is -2.31. The summed E-state index contributed by atoms with van der Waals surface area (Å²) in [6, 6.07) is 0.227. The number of rotatable bonds is 1. The molecule has 2 heteroatoms. The van der Waals surface area contributed by atoms with Gasteiger partial charge in [-0.1, -0.05) is 0 Å². The van der Waals surface area contributed by atoms with Crippen LogP contribution in [0.1, 0.15) is 19.3 Å². The van der Waals surface area contributed by atoms with Crippen molar-refractivity contribution in [2.24, 2.45) is 0 Å². The first-order valence-electron chi connectivity index (χ1n) is 3.41. The van der Waals surface area contributed by atoms with Crippen LogP contribution in [0, 0.1) is 0 Å². The molecule has 1 atom stereocenters. The van der Waals surface area contributed by atoms with Crippen LogP contribution in [-0.4, -0.2) is 30.8 Å². The average Bonchev–Trinajstić information content (AvgIpc) is 2.13. The van der Waals surface area contributed by atoms with Gasteiger partial charge in [-0.3, -0.25) is 9.69 Å². The van der Waals surface area contributed by atoms with Gasteiger partial charge in [-0.2, -0.15) is 0 Å².